The monoisotopic (exact) mass is 272 g/mol. The van der Waals surface area contributed by atoms with Crippen molar-refractivity contribution in [3.8, 4) is 5.75 Å². The van der Waals surface area contributed by atoms with Gasteiger partial charge in [-0.3, -0.25) is 0 Å². The Kier molecular flexibility index (Phi) is 7.14. The molecule has 0 bridgehead atoms. The molecule has 0 atom stereocenters. The second-order valence-corrected chi connectivity index (χ2v) is 5.71. The third-order valence-electron chi connectivity index (χ3n) is 3.48. The molecule has 0 aliphatic carbocycles. The Morgan fingerprint density at radius 2 is 1.85 bits per heavy atom. The van der Waals surface area contributed by atoms with Crippen LogP contribution in [0.3, 0.4) is 0 Å². The molecule has 0 unspecified atom stereocenters. The molecule has 20 heavy (non-hydrogen) atoms. The normalized spacial score (nSPS) is 11.3. The van der Waals surface area contributed by atoms with Gasteiger partial charge in [-0.15, -0.1) is 0 Å². The second kappa shape index (κ2) is 8.63. The quantitative estimate of drug-likeness (QED) is 0.585. The molecule has 0 spiro atoms. The van der Waals surface area contributed by atoms with Crippen molar-refractivity contribution in [3.63, 3.8) is 0 Å². The SMILES string of the molecule is COc1ccc(CC/C=C(\C)CCC=C(C)C)cc1C. The number of aryl methyl sites for hydroxylation is 2. The van der Waals surface area contributed by atoms with Gasteiger partial charge in [0, 0.05) is 0 Å². The minimum Gasteiger partial charge on any atom is -0.496 e. The van der Waals surface area contributed by atoms with Gasteiger partial charge in [-0.25, -0.2) is 0 Å². The van der Waals surface area contributed by atoms with Gasteiger partial charge < -0.3 is 4.74 Å². The average Bonchev–Trinajstić information content (AvgIpc) is 2.38. The predicted octanol–water partition coefficient (Wildman–Crippen LogP) is 5.63. The molecule has 0 amide bonds. The molecule has 1 heteroatoms. The smallest absolute Gasteiger partial charge is 0.121 e. The maximum atomic E-state index is 5.29. The fraction of sp³-hybridized carbons (Fsp3) is 0.474. The van der Waals surface area contributed by atoms with Crippen LogP contribution in [0, 0.1) is 6.92 Å². The lowest BCUT2D eigenvalue weighted by molar-refractivity contribution is 0.411. The second-order valence-electron chi connectivity index (χ2n) is 5.71. The highest BCUT2D eigenvalue weighted by molar-refractivity contribution is 5.36. The zero-order valence-corrected chi connectivity index (χ0v) is 13.6. The maximum Gasteiger partial charge on any atom is 0.121 e. The summed E-state index contributed by atoms with van der Waals surface area (Å²) in [5.41, 5.74) is 5.50. The van der Waals surface area contributed by atoms with E-state index < -0.39 is 0 Å². The molecule has 1 aromatic carbocycles. The first kappa shape index (κ1) is 16.6. The summed E-state index contributed by atoms with van der Waals surface area (Å²) in [5.74, 6) is 0.974. The Morgan fingerprint density at radius 1 is 1.10 bits per heavy atom. The van der Waals surface area contributed by atoms with Crippen molar-refractivity contribution in [2.75, 3.05) is 7.11 Å². The van der Waals surface area contributed by atoms with E-state index in [1.165, 1.54) is 28.7 Å². The summed E-state index contributed by atoms with van der Waals surface area (Å²) in [6.45, 7) is 8.65. The highest BCUT2D eigenvalue weighted by atomic mass is 16.5. The number of ether oxygens (including phenoxy) is 1. The van der Waals surface area contributed by atoms with Crippen LogP contribution in [0.4, 0.5) is 0 Å². The van der Waals surface area contributed by atoms with E-state index in [2.05, 4.69) is 58.0 Å². The van der Waals surface area contributed by atoms with Crippen molar-refractivity contribution in [2.24, 2.45) is 0 Å². The van der Waals surface area contributed by atoms with E-state index in [0.717, 1.165) is 25.0 Å². The van der Waals surface area contributed by atoms with Crippen molar-refractivity contribution in [2.45, 2.75) is 53.4 Å². The van der Waals surface area contributed by atoms with E-state index in [0.29, 0.717) is 0 Å². The van der Waals surface area contributed by atoms with Crippen LogP contribution >= 0.6 is 0 Å². The Morgan fingerprint density at radius 3 is 2.45 bits per heavy atom. The molecule has 0 N–H and O–H groups in total. The van der Waals surface area contributed by atoms with Crippen molar-refractivity contribution in [1.82, 2.24) is 0 Å². The van der Waals surface area contributed by atoms with Gasteiger partial charge in [0.1, 0.15) is 5.75 Å². The molecule has 1 nitrogen and oxygen atoms in total. The fourth-order valence-electron chi connectivity index (χ4n) is 2.27. The summed E-state index contributed by atoms with van der Waals surface area (Å²) in [6.07, 6.45) is 9.24. The first-order chi connectivity index (χ1) is 9.52. The van der Waals surface area contributed by atoms with Crippen LogP contribution in [0.15, 0.2) is 41.5 Å². The van der Waals surface area contributed by atoms with Gasteiger partial charge in [-0.2, -0.15) is 0 Å². The van der Waals surface area contributed by atoms with Crippen LogP contribution in [0.25, 0.3) is 0 Å². The van der Waals surface area contributed by atoms with Crippen LogP contribution in [0.5, 0.6) is 5.75 Å². The fourth-order valence-corrected chi connectivity index (χ4v) is 2.27. The number of rotatable bonds is 7. The molecular formula is C19H28O. The maximum absolute atomic E-state index is 5.29. The molecule has 0 saturated carbocycles. The van der Waals surface area contributed by atoms with E-state index >= 15 is 0 Å². The summed E-state index contributed by atoms with van der Waals surface area (Å²) in [5, 5.41) is 0. The van der Waals surface area contributed by atoms with E-state index in [4.69, 9.17) is 4.74 Å². The number of allylic oxidation sites excluding steroid dienone is 4. The molecule has 0 fully saturated rings. The van der Waals surface area contributed by atoms with Gasteiger partial charge in [0.15, 0.2) is 0 Å². The number of methoxy groups -OCH3 is 1. The van der Waals surface area contributed by atoms with Gasteiger partial charge in [0.25, 0.3) is 0 Å². The van der Waals surface area contributed by atoms with E-state index in [9.17, 15) is 0 Å². The van der Waals surface area contributed by atoms with Gasteiger partial charge in [-0.05, 0) is 70.6 Å². The van der Waals surface area contributed by atoms with Crippen LogP contribution in [-0.4, -0.2) is 7.11 Å². The van der Waals surface area contributed by atoms with Gasteiger partial charge in [0.2, 0.25) is 0 Å². The molecule has 1 rings (SSSR count). The molecule has 0 saturated heterocycles. The average molecular weight is 272 g/mol. The largest absolute Gasteiger partial charge is 0.496 e. The molecule has 0 aromatic heterocycles. The van der Waals surface area contributed by atoms with Gasteiger partial charge >= 0.3 is 0 Å². The standard InChI is InChI=1S/C19H28O/c1-15(2)8-6-9-16(3)10-7-11-18-12-13-19(20-5)17(4)14-18/h8,10,12-14H,6-7,9,11H2,1-5H3/b16-10+. The molecule has 1 aromatic rings. The molecule has 0 aliphatic rings. The first-order valence-electron chi connectivity index (χ1n) is 7.45. The Bertz CT molecular complexity index is 477. The Labute approximate surface area is 124 Å². The molecule has 110 valence electrons. The number of hydrogen-bond acceptors (Lipinski definition) is 1. The van der Waals surface area contributed by atoms with Gasteiger partial charge in [0.05, 0.1) is 7.11 Å². The summed E-state index contributed by atoms with van der Waals surface area (Å²) in [7, 11) is 1.72. The lowest BCUT2D eigenvalue weighted by atomic mass is 10.0. The summed E-state index contributed by atoms with van der Waals surface area (Å²) in [6, 6.07) is 6.46. The molecule has 0 radical (unpaired) electrons. The van der Waals surface area contributed by atoms with E-state index in [1.54, 1.807) is 7.11 Å². The third-order valence-corrected chi connectivity index (χ3v) is 3.48. The lowest BCUT2D eigenvalue weighted by Crippen LogP contribution is -1.90. The topological polar surface area (TPSA) is 9.23 Å². The summed E-state index contributed by atoms with van der Waals surface area (Å²) >= 11 is 0. The molecule has 0 aliphatic heterocycles. The van der Waals surface area contributed by atoms with Crippen molar-refractivity contribution in [1.29, 1.82) is 0 Å². The zero-order valence-electron chi connectivity index (χ0n) is 13.6. The first-order valence-corrected chi connectivity index (χ1v) is 7.45. The summed E-state index contributed by atoms with van der Waals surface area (Å²) < 4.78 is 5.29. The summed E-state index contributed by atoms with van der Waals surface area (Å²) in [4.78, 5) is 0. The Balaban J connectivity index is 2.43. The third kappa shape index (κ3) is 6.10. The molecule has 0 heterocycles. The Hall–Kier alpha value is -1.50. The van der Waals surface area contributed by atoms with Gasteiger partial charge in [-0.1, -0.05) is 35.4 Å². The minimum absolute atomic E-state index is 0.974. The van der Waals surface area contributed by atoms with Crippen molar-refractivity contribution < 1.29 is 4.74 Å². The van der Waals surface area contributed by atoms with Crippen LogP contribution in [0.1, 0.15) is 51.2 Å². The molecular weight excluding hydrogens is 244 g/mol. The van der Waals surface area contributed by atoms with Crippen LogP contribution in [0.2, 0.25) is 0 Å². The zero-order chi connectivity index (χ0) is 15.0. The lowest BCUT2D eigenvalue weighted by Gasteiger charge is -2.06. The number of hydrogen-bond donors (Lipinski definition) is 0. The highest BCUT2D eigenvalue weighted by Crippen LogP contribution is 2.19. The van der Waals surface area contributed by atoms with Crippen LogP contribution < -0.4 is 4.74 Å². The van der Waals surface area contributed by atoms with Crippen molar-refractivity contribution in [3.05, 3.63) is 52.6 Å². The minimum atomic E-state index is 0.974. The van der Waals surface area contributed by atoms with Crippen molar-refractivity contribution >= 4 is 0 Å². The van der Waals surface area contributed by atoms with E-state index in [-0.39, 0.29) is 0 Å². The van der Waals surface area contributed by atoms with E-state index in [1.807, 2.05) is 0 Å². The predicted molar refractivity (Wildman–Crippen MR) is 88.5 cm³/mol. The van der Waals surface area contributed by atoms with Crippen LogP contribution in [-0.2, 0) is 6.42 Å². The highest BCUT2D eigenvalue weighted by Gasteiger charge is 1.99. The number of benzene rings is 1.